The number of para-hydroxylation sites is 1. The maximum atomic E-state index is 6.32. The van der Waals surface area contributed by atoms with Crippen LogP contribution in [0.15, 0.2) is 18.2 Å². The van der Waals surface area contributed by atoms with Gasteiger partial charge in [0.2, 0.25) is 0 Å². The zero-order valence-corrected chi connectivity index (χ0v) is 14.0. The zero-order chi connectivity index (χ0) is 14.7. The van der Waals surface area contributed by atoms with Crippen molar-refractivity contribution in [3.8, 4) is 5.75 Å². The molecule has 0 bridgehead atoms. The van der Waals surface area contributed by atoms with Crippen LogP contribution >= 0.6 is 23.4 Å². The number of methoxy groups -OCH3 is 1. The molecule has 2 aromatic rings. The standard InChI is InChI=1S/C15H21ClN2OS/c1-5-20-9-10(2)18-12-7-6-8-13(19-4)14(12)17-15(18)11(3)16/h6-8,10-11H,5,9H2,1-4H3. The molecule has 2 unspecified atom stereocenters. The van der Waals surface area contributed by atoms with Crippen LogP contribution in [0.1, 0.15) is 38.0 Å². The molecule has 110 valence electrons. The lowest BCUT2D eigenvalue weighted by Gasteiger charge is -2.18. The number of rotatable bonds is 6. The smallest absolute Gasteiger partial charge is 0.146 e. The largest absolute Gasteiger partial charge is 0.494 e. The molecule has 3 nitrogen and oxygen atoms in total. The fourth-order valence-electron chi connectivity index (χ4n) is 2.38. The molecule has 0 fully saturated rings. The molecule has 0 N–H and O–H groups in total. The summed E-state index contributed by atoms with van der Waals surface area (Å²) in [5, 5.41) is -0.124. The minimum Gasteiger partial charge on any atom is -0.494 e. The topological polar surface area (TPSA) is 27.1 Å². The Morgan fingerprint density at radius 3 is 2.75 bits per heavy atom. The first-order valence-electron chi connectivity index (χ1n) is 6.86. The fourth-order valence-corrected chi connectivity index (χ4v) is 3.26. The van der Waals surface area contributed by atoms with Crippen molar-refractivity contribution < 1.29 is 4.74 Å². The van der Waals surface area contributed by atoms with Gasteiger partial charge in [0.15, 0.2) is 0 Å². The summed E-state index contributed by atoms with van der Waals surface area (Å²) in [6.45, 7) is 6.36. The predicted molar refractivity (Wildman–Crippen MR) is 88.3 cm³/mol. The summed E-state index contributed by atoms with van der Waals surface area (Å²) in [4.78, 5) is 4.71. The van der Waals surface area contributed by atoms with Gasteiger partial charge in [-0.05, 0) is 31.7 Å². The highest BCUT2D eigenvalue weighted by molar-refractivity contribution is 7.99. The Hall–Kier alpha value is -0.870. The maximum Gasteiger partial charge on any atom is 0.146 e. The number of imidazole rings is 1. The molecule has 1 aromatic heterocycles. The molecule has 1 heterocycles. The van der Waals surface area contributed by atoms with Crippen LogP contribution in [-0.2, 0) is 0 Å². The number of halogens is 1. The molecule has 5 heteroatoms. The number of hydrogen-bond acceptors (Lipinski definition) is 3. The number of aromatic nitrogens is 2. The summed E-state index contributed by atoms with van der Waals surface area (Å²) in [6, 6.07) is 6.38. The molecule has 2 rings (SSSR count). The van der Waals surface area contributed by atoms with Crippen molar-refractivity contribution in [2.75, 3.05) is 18.6 Å². The third-order valence-corrected chi connectivity index (χ3v) is 4.61. The van der Waals surface area contributed by atoms with E-state index >= 15 is 0 Å². The Labute approximate surface area is 129 Å². The van der Waals surface area contributed by atoms with Crippen LogP contribution in [0.5, 0.6) is 5.75 Å². The van der Waals surface area contributed by atoms with E-state index in [1.165, 1.54) is 0 Å². The molecule has 2 atom stereocenters. The van der Waals surface area contributed by atoms with E-state index in [1.54, 1.807) is 7.11 Å². The Bertz CT molecular complexity index is 583. The molecular weight excluding hydrogens is 292 g/mol. The minimum atomic E-state index is -0.124. The van der Waals surface area contributed by atoms with E-state index in [1.807, 2.05) is 30.8 Å². The van der Waals surface area contributed by atoms with E-state index in [9.17, 15) is 0 Å². The van der Waals surface area contributed by atoms with Crippen LogP contribution in [0.2, 0.25) is 0 Å². The van der Waals surface area contributed by atoms with Gasteiger partial charge < -0.3 is 9.30 Å². The van der Waals surface area contributed by atoms with E-state index in [0.29, 0.717) is 6.04 Å². The van der Waals surface area contributed by atoms with Crippen molar-refractivity contribution in [1.82, 2.24) is 9.55 Å². The Morgan fingerprint density at radius 1 is 1.40 bits per heavy atom. The summed E-state index contributed by atoms with van der Waals surface area (Å²) in [5.74, 6) is 3.88. The predicted octanol–water partition coefficient (Wildman–Crippen LogP) is 4.66. The molecule has 0 saturated carbocycles. The molecule has 0 radical (unpaired) electrons. The third-order valence-electron chi connectivity index (χ3n) is 3.29. The summed E-state index contributed by atoms with van der Waals surface area (Å²) in [5.41, 5.74) is 1.99. The molecule has 0 amide bonds. The van der Waals surface area contributed by atoms with Crippen molar-refractivity contribution in [1.29, 1.82) is 0 Å². The zero-order valence-electron chi connectivity index (χ0n) is 12.4. The van der Waals surface area contributed by atoms with Crippen LogP contribution in [-0.4, -0.2) is 28.2 Å². The quantitative estimate of drug-likeness (QED) is 0.726. The Kier molecular flexibility index (Phi) is 5.22. The number of ether oxygens (including phenoxy) is 1. The van der Waals surface area contributed by atoms with Gasteiger partial charge in [-0.25, -0.2) is 4.98 Å². The molecule has 0 aliphatic heterocycles. The van der Waals surface area contributed by atoms with Gasteiger partial charge in [-0.2, -0.15) is 11.8 Å². The molecule has 0 spiro atoms. The minimum absolute atomic E-state index is 0.124. The summed E-state index contributed by atoms with van der Waals surface area (Å²) in [7, 11) is 1.67. The summed E-state index contributed by atoms with van der Waals surface area (Å²) in [6.07, 6.45) is 0. The second-order valence-electron chi connectivity index (χ2n) is 4.79. The van der Waals surface area contributed by atoms with Crippen molar-refractivity contribution in [2.24, 2.45) is 0 Å². The number of hydrogen-bond donors (Lipinski definition) is 0. The van der Waals surface area contributed by atoms with E-state index in [0.717, 1.165) is 34.1 Å². The highest BCUT2D eigenvalue weighted by Crippen LogP contribution is 2.33. The van der Waals surface area contributed by atoms with E-state index < -0.39 is 0 Å². The average molecular weight is 313 g/mol. The number of nitrogens with zero attached hydrogens (tertiary/aromatic N) is 2. The lowest BCUT2D eigenvalue weighted by atomic mass is 10.2. The number of alkyl halides is 1. The van der Waals surface area contributed by atoms with Crippen molar-refractivity contribution in [3.05, 3.63) is 24.0 Å². The normalized spacial score (nSPS) is 14.4. The SMILES string of the molecule is CCSCC(C)n1c(C(C)Cl)nc2c(OC)cccc21. The monoisotopic (exact) mass is 312 g/mol. The number of thioether (sulfide) groups is 1. The van der Waals surface area contributed by atoms with Crippen molar-refractivity contribution in [2.45, 2.75) is 32.2 Å². The van der Waals surface area contributed by atoms with Crippen LogP contribution in [0.3, 0.4) is 0 Å². The van der Waals surface area contributed by atoms with Crippen molar-refractivity contribution in [3.63, 3.8) is 0 Å². The van der Waals surface area contributed by atoms with Gasteiger partial charge in [-0.3, -0.25) is 0 Å². The molecule has 20 heavy (non-hydrogen) atoms. The van der Waals surface area contributed by atoms with E-state index in [-0.39, 0.29) is 5.38 Å². The van der Waals surface area contributed by atoms with Crippen LogP contribution < -0.4 is 4.74 Å². The van der Waals surface area contributed by atoms with Crippen LogP contribution in [0.25, 0.3) is 11.0 Å². The second kappa shape index (κ2) is 6.72. The summed E-state index contributed by atoms with van der Waals surface area (Å²) >= 11 is 8.25. The molecule has 0 aliphatic carbocycles. The van der Waals surface area contributed by atoms with Crippen molar-refractivity contribution >= 4 is 34.4 Å². The first-order chi connectivity index (χ1) is 9.60. The first-order valence-corrected chi connectivity index (χ1v) is 8.45. The average Bonchev–Trinajstić information content (AvgIpc) is 2.84. The second-order valence-corrected chi connectivity index (χ2v) is 6.77. The van der Waals surface area contributed by atoms with Gasteiger partial charge in [0, 0.05) is 11.8 Å². The Morgan fingerprint density at radius 2 is 2.15 bits per heavy atom. The molecule has 0 aliphatic rings. The van der Waals surface area contributed by atoms with Gasteiger partial charge in [-0.15, -0.1) is 11.6 Å². The molecule has 0 saturated heterocycles. The Balaban J connectivity index is 2.57. The van der Waals surface area contributed by atoms with Crippen LogP contribution in [0, 0.1) is 0 Å². The fraction of sp³-hybridized carbons (Fsp3) is 0.533. The van der Waals surface area contributed by atoms with Crippen LogP contribution in [0.4, 0.5) is 0 Å². The number of benzene rings is 1. The highest BCUT2D eigenvalue weighted by atomic mass is 35.5. The van der Waals surface area contributed by atoms with E-state index in [4.69, 9.17) is 21.3 Å². The number of fused-ring (bicyclic) bond motifs is 1. The first kappa shape index (κ1) is 15.5. The van der Waals surface area contributed by atoms with Gasteiger partial charge in [-0.1, -0.05) is 13.0 Å². The van der Waals surface area contributed by atoms with Gasteiger partial charge in [0.1, 0.15) is 17.1 Å². The van der Waals surface area contributed by atoms with Gasteiger partial charge in [0.05, 0.1) is 18.0 Å². The maximum absolute atomic E-state index is 6.32. The lowest BCUT2D eigenvalue weighted by Crippen LogP contribution is -2.12. The summed E-state index contributed by atoms with van der Waals surface area (Å²) < 4.78 is 7.66. The van der Waals surface area contributed by atoms with E-state index in [2.05, 4.69) is 24.5 Å². The lowest BCUT2D eigenvalue weighted by molar-refractivity contribution is 0.419. The molecular formula is C15H21ClN2OS. The van der Waals surface area contributed by atoms with Gasteiger partial charge in [0.25, 0.3) is 0 Å². The third kappa shape index (κ3) is 2.91. The van der Waals surface area contributed by atoms with Gasteiger partial charge >= 0.3 is 0 Å². The highest BCUT2D eigenvalue weighted by Gasteiger charge is 2.20. The molecule has 1 aromatic carbocycles.